The van der Waals surface area contributed by atoms with Gasteiger partial charge in [-0.2, -0.15) is 8.78 Å². The molecule has 3 nitrogen and oxygen atoms in total. The average Bonchev–Trinajstić information content (AvgIpc) is 2.31. The Kier molecular flexibility index (Phi) is 5.31. The summed E-state index contributed by atoms with van der Waals surface area (Å²) in [5, 5.41) is 0. The van der Waals surface area contributed by atoms with E-state index < -0.39 is 6.61 Å². The molecular formula is C12H18F2N2O. The Morgan fingerprint density at radius 1 is 1.35 bits per heavy atom. The zero-order valence-corrected chi connectivity index (χ0v) is 10.1. The van der Waals surface area contributed by atoms with Crippen molar-refractivity contribution in [3.8, 4) is 5.75 Å². The van der Waals surface area contributed by atoms with Gasteiger partial charge in [0.2, 0.25) is 0 Å². The molecule has 0 saturated carbocycles. The molecule has 0 spiro atoms. The molecule has 0 amide bonds. The number of benzene rings is 1. The van der Waals surface area contributed by atoms with Gasteiger partial charge in [0.1, 0.15) is 5.75 Å². The third kappa shape index (κ3) is 3.64. The lowest BCUT2D eigenvalue weighted by Gasteiger charge is -2.27. The van der Waals surface area contributed by atoms with Crippen molar-refractivity contribution in [1.29, 1.82) is 0 Å². The molecule has 0 bridgehead atoms. The summed E-state index contributed by atoms with van der Waals surface area (Å²) in [5.41, 5.74) is 6.39. The fourth-order valence-electron chi connectivity index (χ4n) is 1.72. The highest BCUT2D eigenvalue weighted by Gasteiger charge is 2.19. The highest BCUT2D eigenvalue weighted by molar-refractivity contribution is 5.36. The van der Waals surface area contributed by atoms with Crippen molar-refractivity contribution < 1.29 is 13.5 Å². The molecule has 96 valence electrons. The van der Waals surface area contributed by atoms with Crippen molar-refractivity contribution in [3.63, 3.8) is 0 Å². The number of para-hydroxylation sites is 1. The van der Waals surface area contributed by atoms with E-state index in [1.807, 2.05) is 18.9 Å². The summed E-state index contributed by atoms with van der Waals surface area (Å²) >= 11 is 0. The normalized spacial score (nSPS) is 13.1. The molecular weight excluding hydrogens is 226 g/mol. The quantitative estimate of drug-likeness (QED) is 0.834. The standard InChI is InChI=1S/C12H18F2N2O/c1-3-16(2)10(8-15)9-6-4-5-7-11(9)17-12(13)14/h4-7,10,12H,3,8,15H2,1-2H3. The van der Waals surface area contributed by atoms with Gasteiger partial charge in [-0.05, 0) is 19.7 Å². The fourth-order valence-corrected chi connectivity index (χ4v) is 1.72. The maximum atomic E-state index is 12.3. The molecule has 0 heterocycles. The minimum Gasteiger partial charge on any atom is -0.434 e. The summed E-state index contributed by atoms with van der Waals surface area (Å²) in [4.78, 5) is 1.99. The molecule has 1 unspecified atom stereocenters. The monoisotopic (exact) mass is 244 g/mol. The third-order valence-electron chi connectivity index (χ3n) is 2.75. The Morgan fingerprint density at radius 2 is 2.00 bits per heavy atom. The van der Waals surface area contributed by atoms with Crippen LogP contribution >= 0.6 is 0 Å². The van der Waals surface area contributed by atoms with Gasteiger partial charge in [-0.3, -0.25) is 4.90 Å². The van der Waals surface area contributed by atoms with Gasteiger partial charge in [-0.25, -0.2) is 0 Å². The second kappa shape index (κ2) is 6.51. The number of alkyl halides is 2. The number of halogens is 2. The van der Waals surface area contributed by atoms with Crippen molar-refractivity contribution in [2.75, 3.05) is 20.1 Å². The predicted octanol–water partition coefficient (Wildman–Crippen LogP) is 2.24. The summed E-state index contributed by atoms with van der Waals surface area (Å²) < 4.78 is 29.1. The first kappa shape index (κ1) is 13.9. The lowest BCUT2D eigenvalue weighted by molar-refractivity contribution is -0.0510. The van der Waals surface area contributed by atoms with Gasteiger partial charge in [-0.1, -0.05) is 25.1 Å². The van der Waals surface area contributed by atoms with Crippen LogP contribution < -0.4 is 10.5 Å². The summed E-state index contributed by atoms with van der Waals surface area (Å²) in [6, 6.07) is 6.64. The first-order valence-corrected chi connectivity index (χ1v) is 5.54. The van der Waals surface area contributed by atoms with E-state index in [0.29, 0.717) is 12.1 Å². The molecule has 1 aromatic carbocycles. The second-order valence-corrected chi connectivity index (χ2v) is 3.74. The van der Waals surface area contributed by atoms with Crippen LogP contribution in [0.5, 0.6) is 5.75 Å². The topological polar surface area (TPSA) is 38.5 Å². The Balaban J connectivity index is 3.01. The number of likely N-dealkylation sites (N-methyl/N-ethyl adjacent to an activating group) is 1. The Morgan fingerprint density at radius 3 is 2.53 bits per heavy atom. The number of hydrogen-bond donors (Lipinski definition) is 1. The molecule has 2 N–H and O–H groups in total. The van der Waals surface area contributed by atoms with E-state index in [9.17, 15) is 8.78 Å². The minimum atomic E-state index is -2.82. The molecule has 1 rings (SSSR count). The lowest BCUT2D eigenvalue weighted by Crippen LogP contribution is -2.30. The molecule has 1 atom stereocenters. The SMILES string of the molecule is CCN(C)C(CN)c1ccccc1OC(F)F. The predicted molar refractivity (Wildman–Crippen MR) is 63.2 cm³/mol. The molecule has 5 heteroatoms. The Bertz CT molecular complexity index is 347. The second-order valence-electron chi connectivity index (χ2n) is 3.74. The molecule has 0 aliphatic heterocycles. The molecule has 0 aliphatic carbocycles. The van der Waals surface area contributed by atoms with Gasteiger partial charge in [0, 0.05) is 12.1 Å². The van der Waals surface area contributed by atoms with Crippen LogP contribution in [-0.2, 0) is 0 Å². The molecule has 0 saturated heterocycles. The first-order valence-electron chi connectivity index (χ1n) is 5.54. The van der Waals surface area contributed by atoms with E-state index in [0.717, 1.165) is 6.54 Å². The van der Waals surface area contributed by atoms with Crippen LogP contribution in [0.4, 0.5) is 8.78 Å². The number of nitrogens with zero attached hydrogens (tertiary/aromatic N) is 1. The van der Waals surface area contributed by atoms with E-state index >= 15 is 0 Å². The zero-order chi connectivity index (χ0) is 12.8. The van der Waals surface area contributed by atoms with Gasteiger partial charge in [0.25, 0.3) is 0 Å². The molecule has 0 radical (unpaired) electrons. The maximum Gasteiger partial charge on any atom is 0.387 e. The number of ether oxygens (including phenoxy) is 1. The van der Waals surface area contributed by atoms with Crippen LogP contribution in [0.1, 0.15) is 18.5 Å². The zero-order valence-electron chi connectivity index (χ0n) is 10.1. The number of rotatable bonds is 6. The summed E-state index contributed by atoms with van der Waals surface area (Å²) in [6.07, 6.45) is 0. The summed E-state index contributed by atoms with van der Waals surface area (Å²) in [5.74, 6) is 0.193. The van der Waals surface area contributed by atoms with Crippen molar-refractivity contribution in [2.24, 2.45) is 5.73 Å². The van der Waals surface area contributed by atoms with Crippen molar-refractivity contribution in [2.45, 2.75) is 19.6 Å². The number of hydrogen-bond acceptors (Lipinski definition) is 3. The lowest BCUT2D eigenvalue weighted by atomic mass is 10.0. The van der Waals surface area contributed by atoms with Gasteiger partial charge < -0.3 is 10.5 Å². The van der Waals surface area contributed by atoms with Crippen LogP contribution in [-0.4, -0.2) is 31.6 Å². The highest BCUT2D eigenvalue weighted by Crippen LogP contribution is 2.28. The Hall–Kier alpha value is -1.20. The van der Waals surface area contributed by atoms with Gasteiger partial charge in [-0.15, -0.1) is 0 Å². The fraction of sp³-hybridized carbons (Fsp3) is 0.500. The smallest absolute Gasteiger partial charge is 0.387 e. The largest absolute Gasteiger partial charge is 0.434 e. The van der Waals surface area contributed by atoms with E-state index in [2.05, 4.69) is 4.74 Å². The molecule has 0 aromatic heterocycles. The summed E-state index contributed by atoms with van der Waals surface area (Å²) in [6.45, 7) is 0.305. The van der Waals surface area contributed by atoms with Crippen LogP contribution in [0, 0.1) is 0 Å². The van der Waals surface area contributed by atoms with E-state index in [1.165, 1.54) is 6.07 Å². The van der Waals surface area contributed by atoms with E-state index in [-0.39, 0.29) is 11.8 Å². The van der Waals surface area contributed by atoms with Crippen LogP contribution in [0.3, 0.4) is 0 Å². The molecule has 0 aliphatic rings. The van der Waals surface area contributed by atoms with Crippen LogP contribution in [0.2, 0.25) is 0 Å². The van der Waals surface area contributed by atoms with Crippen molar-refractivity contribution >= 4 is 0 Å². The average molecular weight is 244 g/mol. The van der Waals surface area contributed by atoms with Gasteiger partial charge in [0.15, 0.2) is 0 Å². The molecule has 0 fully saturated rings. The van der Waals surface area contributed by atoms with Gasteiger partial charge in [0.05, 0.1) is 6.04 Å². The molecule has 17 heavy (non-hydrogen) atoms. The van der Waals surface area contributed by atoms with Gasteiger partial charge >= 0.3 is 6.61 Å². The number of nitrogens with two attached hydrogens (primary N) is 1. The van der Waals surface area contributed by atoms with Crippen LogP contribution in [0.25, 0.3) is 0 Å². The summed E-state index contributed by atoms with van der Waals surface area (Å²) in [7, 11) is 1.90. The molecule has 1 aromatic rings. The Labute approximate surface area is 100 Å². The first-order chi connectivity index (χ1) is 8.10. The third-order valence-corrected chi connectivity index (χ3v) is 2.75. The minimum absolute atomic E-state index is 0.116. The van der Waals surface area contributed by atoms with E-state index in [1.54, 1.807) is 18.2 Å². The highest BCUT2D eigenvalue weighted by atomic mass is 19.3. The van der Waals surface area contributed by atoms with Crippen LogP contribution in [0.15, 0.2) is 24.3 Å². The maximum absolute atomic E-state index is 12.3. The van der Waals surface area contributed by atoms with E-state index in [4.69, 9.17) is 5.73 Å². The van der Waals surface area contributed by atoms with Crippen molar-refractivity contribution in [1.82, 2.24) is 4.90 Å². The van der Waals surface area contributed by atoms with Crippen molar-refractivity contribution in [3.05, 3.63) is 29.8 Å².